The molecule has 0 aromatic carbocycles. The van der Waals surface area contributed by atoms with Crippen molar-refractivity contribution in [3.05, 3.63) is 34.5 Å². The standard InChI is InChI=1S/C13H15ClN2O/c1-7(2)11-8(3)15-13(16-12(11)14)10-5-6-17-9(10)4/h5-7H,1-4H3. The van der Waals surface area contributed by atoms with Gasteiger partial charge in [0.2, 0.25) is 0 Å². The van der Waals surface area contributed by atoms with E-state index in [-0.39, 0.29) is 0 Å². The van der Waals surface area contributed by atoms with Crippen molar-refractivity contribution >= 4 is 11.6 Å². The fourth-order valence-corrected chi connectivity index (χ4v) is 2.37. The average molecular weight is 251 g/mol. The number of hydrogen-bond acceptors (Lipinski definition) is 3. The molecule has 0 saturated carbocycles. The third-order valence-corrected chi connectivity index (χ3v) is 3.05. The zero-order valence-electron chi connectivity index (χ0n) is 10.4. The van der Waals surface area contributed by atoms with Gasteiger partial charge in [-0.3, -0.25) is 0 Å². The Bertz CT molecular complexity index is 523. The minimum atomic E-state index is 0.321. The smallest absolute Gasteiger partial charge is 0.164 e. The second-order valence-electron chi connectivity index (χ2n) is 4.38. The lowest BCUT2D eigenvalue weighted by molar-refractivity contribution is 0.535. The van der Waals surface area contributed by atoms with Gasteiger partial charge in [0.05, 0.1) is 11.8 Å². The lowest BCUT2D eigenvalue weighted by atomic mass is 10.0. The predicted molar refractivity (Wildman–Crippen MR) is 68.3 cm³/mol. The minimum absolute atomic E-state index is 0.321. The first-order valence-corrected chi connectivity index (χ1v) is 5.97. The number of aryl methyl sites for hydroxylation is 2. The van der Waals surface area contributed by atoms with Crippen molar-refractivity contribution in [1.29, 1.82) is 0 Å². The van der Waals surface area contributed by atoms with Gasteiger partial charge in [-0.25, -0.2) is 9.97 Å². The van der Waals surface area contributed by atoms with Gasteiger partial charge in [0, 0.05) is 11.3 Å². The zero-order valence-corrected chi connectivity index (χ0v) is 11.2. The first kappa shape index (κ1) is 12.1. The van der Waals surface area contributed by atoms with E-state index in [4.69, 9.17) is 16.0 Å². The van der Waals surface area contributed by atoms with Gasteiger partial charge >= 0.3 is 0 Å². The quantitative estimate of drug-likeness (QED) is 0.753. The van der Waals surface area contributed by atoms with Crippen LogP contribution in [0, 0.1) is 13.8 Å². The topological polar surface area (TPSA) is 38.9 Å². The summed E-state index contributed by atoms with van der Waals surface area (Å²) in [5, 5.41) is 0.531. The van der Waals surface area contributed by atoms with Gasteiger partial charge in [0.15, 0.2) is 5.82 Å². The van der Waals surface area contributed by atoms with Crippen LogP contribution in [-0.4, -0.2) is 9.97 Å². The van der Waals surface area contributed by atoms with E-state index in [1.54, 1.807) is 6.26 Å². The number of nitrogens with zero attached hydrogens (tertiary/aromatic N) is 2. The maximum atomic E-state index is 6.22. The van der Waals surface area contributed by atoms with Crippen LogP contribution in [0.15, 0.2) is 16.7 Å². The Morgan fingerprint density at radius 2 is 1.94 bits per heavy atom. The van der Waals surface area contributed by atoms with E-state index in [9.17, 15) is 0 Å². The fourth-order valence-electron chi connectivity index (χ4n) is 1.94. The molecule has 0 aliphatic carbocycles. The summed E-state index contributed by atoms with van der Waals surface area (Å²) >= 11 is 6.22. The Hall–Kier alpha value is -1.35. The van der Waals surface area contributed by atoms with Crippen molar-refractivity contribution in [1.82, 2.24) is 9.97 Å². The third kappa shape index (κ3) is 2.20. The molecule has 90 valence electrons. The van der Waals surface area contributed by atoms with E-state index in [0.29, 0.717) is 16.9 Å². The van der Waals surface area contributed by atoms with Gasteiger partial charge < -0.3 is 4.42 Å². The molecule has 0 fully saturated rings. The zero-order chi connectivity index (χ0) is 12.6. The molecule has 2 aromatic heterocycles. The van der Waals surface area contributed by atoms with Crippen molar-refractivity contribution in [2.24, 2.45) is 0 Å². The highest BCUT2D eigenvalue weighted by Crippen LogP contribution is 2.29. The van der Waals surface area contributed by atoms with Crippen molar-refractivity contribution in [3.8, 4) is 11.4 Å². The molecule has 3 nitrogen and oxygen atoms in total. The normalized spacial score (nSPS) is 11.2. The number of furan rings is 1. The third-order valence-electron chi connectivity index (χ3n) is 2.77. The average Bonchev–Trinajstić information content (AvgIpc) is 2.62. The van der Waals surface area contributed by atoms with E-state index < -0.39 is 0 Å². The molecular formula is C13H15ClN2O. The molecule has 17 heavy (non-hydrogen) atoms. The number of hydrogen-bond donors (Lipinski definition) is 0. The van der Waals surface area contributed by atoms with Crippen LogP contribution >= 0.6 is 11.6 Å². The molecule has 4 heteroatoms. The summed E-state index contributed by atoms with van der Waals surface area (Å²) in [5.74, 6) is 1.75. The second-order valence-corrected chi connectivity index (χ2v) is 4.74. The summed E-state index contributed by atoms with van der Waals surface area (Å²) in [7, 11) is 0. The largest absolute Gasteiger partial charge is 0.469 e. The van der Waals surface area contributed by atoms with Crippen LogP contribution in [-0.2, 0) is 0 Å². The highest BCUT2D eigenvalue weighted by Gasteiger charge is 2.15. The summed E-state index contributed by atoms with van der Waals surface area (Å²) in [6, 6.07) is 1.86. The Kier molecular flexibility index (Phi) is 3.20. The van der Waals surface area contributed by atoms with Gasteiger partial charge in [-0.05, 0) is 25.8 Å². The fraction of sp³-hybridized carbons (Fsp3) is 0.385. The van der Waals surface area contributed by atoms with Gasteiger partial charge in [-0.2, -0.15) is 0 Å². The monoisotopic (exact) mass is 250 g/mol. The van der Waals surface area contributed by atoms with Crippen molar-refractivity contribution in [2.45, 2.75) is 33.6 Å². The van der Waals surface area contributed by atoms with Crippen molar-refractivity contribution < 1.29 is 4.42 Å². The van der Waals surface area contributed by atoms with Crippen molar-refractivity contribution in [2.75, 3.05) is 0 Å². The first-order chi connectivity index (χ1) is 8.00. The summed E-state index contributed by atoms with van der Waals surface area (Å²) in [6.45, 7) is 8.01. The Morgan fingerprint density at radius 3 is 2.41 bits per heavy atom. The predicted octanol–water partition coefficient (Wildman–Crippen LogP) is 4.13. The van der Waals surface area contributed by atoms with Crippen LogP contribution in [0.1, 0.15) is 36.8 Å². The number of halogens is 1. The molecule has 0 unspecified atom stereocenters. The Morgan fingerprint density at radius 1 is 1.24 bits per heavy atom. The molecule has 0 aliphatic rings. The molecule has 0 atom stereocenters. The number of aromatic nitrogens is 2. The van der Waals surface area contributed by atoms with E-state index in [1.807, 2.05) is 19.9 Å². The first-order valence-electron chi connectivity index (χ1n) is 5.59. The molecular weight excluding hydrogens is 236 g/mol. The molecule has 0 amide bonds. The van der Waals surface area contributed by atoms with Gasteiger partial charge in [0.25, 0.3) is 0 Å². The van der Waals surface area contributed by atoms with Crippen LogP contribution in [0.3, 0.4) is 0 Å². The number of rotatable bonds is 2. The molecule has 2 rings (SSSR count). The highest BCUT2D eigenvalue weighted by molar-refractivity contribution is 6.30. The summed E-state index contributed by atoms with van der Waals surface area (Å²) < 4.78 is 5.25. The molecule has 0 saturated heterocycles. The maximum absolute atomic E-state index is 6.22. The van der Waals surface area contributed by atoms with E-state index in [0.717, 1.165) is 22.6 Å². The minimum Gasteiger partial charge on any atom is -0.469 e. The van der Waals surface area contributed by atoms with Crippen LogP contribution < -0.4 is 0 Å². The summed E-state index contributed by atoms with van der Waals surface area (Å²) in [5.41, 5.74) is 2.83. The maximum Gasteiger partial charge on any atom is 0.164 e. The molecule has 0 radical (unpaired) electrons. The van der Waals surface area contributed by atoms with Crippen LogP contribution in [0.4, 0.5) is 0 Å². The SMILES string of the molecule is Cc1nc(-c2ccoc2C)nc(Cl)c1C(C)C. The van der Waals surface area contributed by atoms with Crippen LogP contribution in [0.25, 0.3) is 11.4 Å². The molecule has 2 heterocycles. The molecule has 0 spiro atoms. The van der Waals surface area contributed by atoms with Gasteiger partial charge in [-0.1, -0.05) is 25.4 Å². The molecule has 0 bridgehead atoms. The van der Waals surface area contributed by atoms with Gasteiger partial charge in [0.1, 0.15) is 10.9 Å². The van der Waals surface area contributed by atoms with E-state index in [2.05, 4.69) is 23.8 Å². The highest BCUT2D eigenvalue weighted by atomic mass is 35.5. The summed E-state index contributed by atoms with van der Waals surface area (Å²) in [4.78, 5) is 8.86. The summed E-state index contributed by atoms with van der Waals surface area (Å²) in [6.07, 6.45) is 1.63. The Balaban J connectivity index is 2.57. The van der Waals surface area contributed by atoms with Crippen LogP contribution in [0.2, 0.25) is 5.15 Å². The second kappa shape index (κ2) is 4.49. The molecule has 2 aromatic rings. The Labute approximate surface area is 106 Å². The lowest BCUT2D eigenvalue weighted by Crippen LogP contribution is -2.01. The van der Waals surface area contributed by atoms with E-state index in [1.165, 1.54) is 0 Å². The lowest BCUT2D eigenvalue weighted by Gasteiger charge is -2.11. The molecule has 0 aliphatic heterocycles. The van der Waals surface area contributed by atoms with Crippen LogP contribution in [0.5, 0.6) is 0 Å². The van der Waals surface area contributed by atoms with Crippen molar-refractivity contribution in [3.63, 3.8) is 0 Å². The van der Waals surface area contributed by atoms with E-state index >= 15 is 0 Å². The molecule has 0 N–H and O–H groups in total. The van der Waals surface area contributed by atoms with Gasteiger partial charge in [-0.15, -0.1) is 0 Å².